The molecule has 4 aromatic rings. The van der Waals surface area contributed by atoms with Crippen LogP contribution in [0.15, 0.2) is 42.6 Å². The average Bonchev–Trinajstić information content (AvgIpc) is 3.23. The Hall–Kier alpha value is -2.73. The van der Waals surface area contributed by atoms with Crippen LogP contribution in [-0.2, 0) is 11.8 Å². The van der Waals surface area contributed by atoms with E-state index in [1.807, 2.05) is 22.5 Å². The van der Waals surface area contributed by atoms with Crippen LogP contribution in [0.2, 0.25) is 0 Å². The highest BCUT2D eigenvalue weighted by molar-refractivity contribution is 5.96. The molecule has 1 aliphatic heterocycles. The second kappa shape index (κ2) is 6.16. The van der Waals surface area contributed by atoms with Gasteiger partial charge in [-0.15, -0.1) is 0 Å². The summed E-state index contributed by atoms with van der Waals surface area (Å²) in [6.07, 6.45) is 3.83. The Bertz CT molecular complexity index is 1160. The summed E-state index contributed by atoms with van der Waals surface area (Å²) in [7, 11) is 1.91. The molecule has 0 bridgehead atoms. The van der Waals surface area contributed by atoms with Gasteiger partial charge in [0, 0.05) is 47.8 Å². The van der Waals surface area contributed by atoms with Crippen molar-refractivity contribution in [2.45, 2.75) is 18.8 Å². The summed E-state index contributed by atoms with van der Waals surface area (Å²) in [5.41, 5.74) is 3.69. The number of halogens is 2. The first kappa shape index (κ1) is 16.4. The zero-order valence-corrected chi connectivity index (χ0v) is 15.0. The van der Waals surface area contributed by atoms with E-state index < -0.39 is 11.6 Å². The number of hydrogen-bond acceptors (Lipinski definition) is 2. The Labute approximate surface area is 155 Å². The van der Waals surface area contributed by atoms with Gasteiger partial charge in [-0.1, -0.05) is 0 Å². The fourth-order valence-electron chi connectivity index (χ4n) is 4.06. The van der Waals surface area contributed by atoms with Crippen LogP contribution in [0.5, 0.6) is 0 Å². The van der Waals surface area contributed by atoms with E-state index in [-0.39, 0.29) is 5.92 Å². The summed E-state index contributed by atoms with van der Waals surface area (Å²) in [5.74, 6) is -1.46. The number of hydrogen-bond donors (Lipinski definition) is 0. The van der Waals surface area contributed by atoms with Crippen LogP contribution in [0.1, 0.15) is 24.5 Å². The lowest BCUT2D eigenvalue weighted by atomic mass is 9.98. The molecule has 6 heteroatoms. The van der Waals surface area contributed by atoms with Gasteiger partial charge in [0.05, 0.1) is 23.8 Å². The maximum absolute atomic E-state index is 14.0. The van der Waals surface area contributed by atoms with Crippen molar-refractivity contribution in [2.24, 2.45) is 7.05 Å². The van der Waals surface area contributed by atoms with Crippen molar-refractivity contribution < 1.29 is 13.5 Å². The Balaban J connectivity index is 1.80. The SMILES string of the molecule is Cn1ncc2cc3c(cc(C4CCCOC4)n3-c3ccc(F)c(F)c3)cc21. The Kier molecular flexibility index (Phi) is 3.75. The van der Waals surface area contributed by atoms with Gasteiger partial charge in [0.25, 0.3) is 0 Å². The van der Waals surface area contributed by atoms with Crippen molar-refractivity contribution in [3.05, 3.63) is 59.9 Å². The first-order valence-corrected chi connectivity index (χ1v) is 9.12. The van der Waals surface area contributed by atoms with Crippen LogP contribution >= 0.6 is 0 Å². The molecule has 27 heavy (non-hydrogen) atoms. The maximum atomic E-state index is 14.0. The predicted molar refractivity (Wildman–Crippen MR) is 100 cm³/mol. The maximum Gasteiger partial charge on any atom is 0.160 e. The molecule has 1 aliphatic rings. The summed E-state index contributed by atoms with van der Waals surface area (Å²) in [5, 5.41) is 6.38. The monoisotopic (exact) mass is 367 g/mol. The fourth-order valence-corrected chi connectivity index (χ4v) is 4.06. The summed E-state index contributed by atoms with van der Waals surface area (Å²) < 4.78 is 37.0. The highest BCUT2D eigenvalue weighted by Crippen LogP contribution is 2.35. The Morgan fingerprint density at radius 2 is 1.89 bits per heavy atom. The molecule has 4 nitrogen and oxygen atoms in total. The molecule has 138 valence electrons. The van der Waals surface area contributed by atoms with Crippen LogP contribution < -0.4 is 0 Å². The highest BCUT2D eigenvalue weighted by Gasteiger charge is 2.23. The lowest BCUT2D eigenvalue weighted by Gasteiger charge is -2.24. The molecule has 0 radical (unpaired) electrons. The number of fused-ring (bicyclic) bond motifs is 2. The van der Waals surface area contributed by atoms with Gasteiger partial charge in [-0.05, 0) is 43.2 Å². The standard InChI is InChI=1S/C21H19F2N3O/c1-25-19-7-14-8-20(13-3-2-6-27-12-13)26(21(14)9-15(19)11-24-25)16-4-5-17(22)18(23)10-16/h4-5,7-11,13H,2-3,6,12H2,1H3. The first-order valence-electron chi connectivity index (χ1n) is 9.12. The normalized spacial score (nSPS) is 17.8. The number of aryl methyl sites for hydroxylation is 1. The van der Waals surface area contributed by atoms with Crippen LogP contribution in [0, 0.1) is 11.6 Å². The van der Waals surface area contributed by atoms with Crippen molar-refractivity contribution in [1.29, 1.82) is 0 Å². The summed E-state index contributed by atoms with van der Waals surface area (Å²) in [4.78, 5) is 0. The van der Waals surface area contributed by atoms with Crippen molar-refractivity contribution in [2.75, 3.05) is 13.2 Å². The molecule has 3 heterocycles. The van der Waals surface area contributed by atoms with E-state index in [1.165, 1.54) is 12.1 Å². The van der Waals surface area contributed by atoms with E-state index in [0.717, 1.165) is 46.9 Å². The molecule has 2 aromatic heterocycles. The van der Waals surface area contributed by atoms with Gasteiger partial charge in [0.2, 0.25) is 0 Å². The molecule has 1 atom stereocenters. The average molecular weight is 367 g/mol. The molecule has 0 spiro atoms. The molecule has 0 aliphatic carbocycles. The summed E-state index contributed by atoms with van der Waals surface area (Å²) >= 11 is 0. The van der Waals surface area contributed by atoms with Crippen LogP contribution in [0.3, 0.4) is 0 Å². The zero-order valence-electron chi connectivity index (χ0n) is 15.0. The van der Waals surface area contributed by atoms with E-state index in [4.69, 9.17) is 4.74 Å². The smallest absolute Gasteiger partial charge is 0.160 e. The fraction of sp³-hybridized carbons (Fsp3) is 0.286. The number of benzene rings is 2. The third-order valence-corrected chi connectivity index (χ3v) is 5.44. The molecule has 2 aromatic carbocycles. The molecule has 1 fully saturated rings. The lowest BCUT2D eigenvalue weighted by Crippen LogP contribution is -2.18. The molecule has 1 saturated heterocycles. The molecule has 1 unspecified atom stereocenters. The van der Waals surface area contributed by atoms with E-state index in [9.17, 15) is 8.78 Å². The van der Waals surface area contributed by atoms with Crippen molar-refractivity contribution in [3.63, 3.8) is 0 Å². The minimum absolute atomic E-state index is 0.223. The number of aromatic nitrogens is 3. The number of rotatable bonds is 2. The predicted octanol–water partition coefficient (Wildman–Crippen LogP) is 4.69. The minimum atomic E-state index is -0.845. The first-order chi connectivity index (χ1) is 13.1. The quantitative estimate of drug-likeness (QED) is 0.515. The highest BCUT2D eigenvalue weighted by atomic mass is 19.2. The lowest BCUT2D eigenvalue weighted by molar-refractivity contribution is 0.0790. The number of ether oxygens (including phenoxy) is 1. The second-order valence-corrected chi connectivity index (χ2v) is 7.16. The minimum Gasteiger partial charge on any atom is -0.381 e. The van der Waals surface area contributed by atoms with E-state index in [2.05, 4.69) is 23.3 Å². The van der Waals surface area contributed by atoms with Crippen molar-refractivity contribution in [3.8, 4) is 5.69 Å². The molecule has 5 rings (SSSR count). The van der Waals surface area contributed by atoms with E-state index in [1.54, 1.807) is 6.07 Å². The van der Waals surface area contributed by atoms with Crippen LogP contribution in [0.25, 0.3) is 27.5 Å². The summed E-state index contributed by atoms with van der Waals surface area (Å²) in [6.45, 7) is 1.42. The van der Waals surface area contributed by atoms with Gasteiger partial charge >= 0.3 is 0 Å². The molecular formula is C21H19F2N3O. The van der Waals surface area contributed by atoms with E-state index in [0.29, 0.717) is 12.3 Å². The molecule has 0 saturated carbocycles. The third-order valence-electron chi connectivity index (χ3n) is 5.44. The van der Waals surface area contributed by atoms with Gasteiger partial charge < -0.3 is 9.30 Å². The number of nitrogens with zero attached hydrogens (tertiary/aromatic N) is 3. The molecular weight excluding hydrogens is 348 g/mol. The van der Waals surface area contributed by atoms with E-state index >= 15 is 0 Å². The second-order valence-electron chi connectivity index (χ2n) is 7.16. The summed E-state index contributed by atoms with van der Waals surface area (Å²) in [6, 6.07) is 10.4. The van der Waals surface area contributed by atoms with Crippen molar-refractivity contribution in [1.82, 2.24) is 14.3 Å². The van der Waals surface area contributed by atoms with Crippen molar-refractivity contribution >= 4 is 21.8 Å². The molecule has 0 amide bonds. The third kappa shape index (κ3) is 2.63. The molecule has 0 N–H and O–H groups in total. The zero-order chi connectivity index (χ0) is 18.5. The van der Waals surface area contributed by atoms with Crippen LogP contribution in [0.4, 0.5) is 8.78 Å². The van der Waals surface area contributed by atoms with Gasteiger partial charge in [0.1, 0.15) is 0 Å². The van der Waals surface area contributed by atoms with Gasteiger partial charge in [-0.25, -0.2) is 8.78 Å². The van der Waals surface area contributed by atoms with Gasteiger partial charge in [-0.3, -0.25) is 4.68 Å². The Morgan fingerprint density at radius 1 is 1.04 bits per heavy atom. The largest absolute Gasteiger partial charge is 0.381 e. The van der Waals surface area contributed by atoms with Gasteiger partial charge in [-0.2, -0.15) is 5.10 Å². The topological polar surface area (TPSA) is 32.0 Å². The van der Waals surface area contributed by atoms with Crippen LogP contribution in [-0.4, -0.2) is 27.6 Å². The van der Waals surface area contributed by atoms with Gasteiger partial charge in [0.15, 0.2) is 11.6 Å². The Morgan fingerprint density at radius 3 is 2.67 bits per heavy atom.